The zero-order chi connectivity index (χ0) is 15.1. The molecule has 0 aliphatic heterocycles. The molecule has 0 aromatic heterocycles. The summed E-state index contributed by atoms with van der Waals surface area (Å²) >= 11 is 0. The van der Waals surface area contributed by atoms with Crippen LogP contribution >= 0.6 is 0 Å². The fourth-order valence-electron chi connectivity index (χ4n) is 2.03. The molecule has 21 heavy (non-hydrogen) atoms. The van der Waals surface area contributed by atoms with Crippen LogP contribution in [0.3, 0.4) is 0 Å². The number of benzene rings is 1. The van der Waals surface area contributed by atoms with Crippen molar-refractivity contribution >= 4 is 15.7 Å². The molecule has 0 amide bonds. The monoisotopic (exact) mass is 312 g/mol. The van der Waals surface area contributed by atoms with Crippen LogP contribution in [-0.2, 0) is 14.8 Å². The van der Waals surface area contributed by atoms with E-state index in [4.69, 9.17) is 4.74 Å². The topological polar surface area (TPSA) is 67.4 Å². The van der Waals surface area contributed by atoms with Crippen molar-refractivity contribution in [2.24, 2.45) is 5.92 Å². The number of hydrogen-bond acceptors (Lipinski definition) is 4. The third-order valence-electron chi connectivity index (χ3n) is 3.35. The Bertz CT molecular complexity index is 542. The van der Waals surface area contributed by atoms with Gasteiger partial charge < -0.3 is 10.1 Å². The van der Waals surface area contributed by atoms with E-state index >= 15 is 0 Å². The predicted octanol–water partition coefficient (Wildman–Crippen LogP) is 2.21. The Morgan fingerprint density at radius 3 is 2.76 bits per heavy atom. The molecular formula is C15H24N2O3S. The van der Waals surface area contributed by atoms with Crippen LogP contribution in [0.5, 0.6) is 0 Å². The summed E-state index contributed by atoms with van der Waals surface area (Å²) in [5, 5.41) is 3.07. The molecule has 1 aliphatic carbocycles. The van der Waals surface area contributed by atoms with Crippen LogP contribution in [0.4, 0.5) is 5.69 Å². The van der Waals surface area contributed by atoms with Gasteiger partial charge in [-0.1, -0.05) is 12.1 Å². The first-order valence-corrected chi connectivity index (χ1v) is 9.02. The molecule has 0 bridgehead atoms. The molecule has 0 unspecified atom stereocenters. The van der Waals surface area contributed by atoms with Crippen LogP contribution in [0.25, 0.3) is 0 Å². The summed E-state index contributed by atoms with van der Waals surface area (Å²) in [5.41, 5.74) is 0.637. The molecule has 1 aromatic carbocycles. The highest BCUT2D eigenvalue weighted by Gasteiger charge is 2.21. The zero-order valence-corrected chi connectivity index (χ0v) is 13.3. The van der Waals surface area contributed by atoms with Crippen LogP contribution in [0.2, 0.25) is 0 Å². The van der Waals surface area contributed by atoms with Crippen LogP contribution in [-0.4, -0.2) is 34.7 Å². The highest BCUT2D eigenvalue weighted by atomic mass is 32.2. The van der Waals surface area contributed by atoms with Gasteiger partial charge in [-0.3, -0.25) is 0 Å². The molecule has 1 fully saturated rings. The van der Waals surface area contributed by atoms with Crippen molar-refractivity contribution in [2.75, 3.05) is 31.6 Å². The second-order valence-electron chi connectivity index (χ2n) is 5.30. The van der Waals surface area contributed by atoms with Gasteiger partial charge in [0.1, 0.15) is 4.90 Å². The van der Waals surface area contributed by atoms with Crippen LogP contribution in [0, 0.1) is 5.92 Å². The van der Waals surface area contributed by atoms with E-state index in [1.165, 1.54) is 12.8 Å². The highest BCUT2D eigenvalue weighted by Crippen LogP contribution is 2.28. The van der Waals surface area contributed by atoms with Gasteiger partial charge in [0.2, 0.25) is 10.0 Å². The van der Waals surface area contributed by atoms with Crippen molar-refractivity contribution in [3.05, 3.63) is 24.3 Å². The van der Waals surface area contributed by atoms with Gasteiger partial charge >= 0.3 is 0 Å². The molecule has 1 aliphatic rings. The van der Waals surface area contributed by atoms with Crippen molar-refractivity contribution in [1.29, 1.82) is 0 Å². The molecule has 1 saturated carbocycles. The number of sulfonamides is 1. The summed E-state index contributed by atoms with van der Waals surface area (Å²) < 4.78 is 32.7. The maximum absolute atomic E-state index is 12.3. The molecule has 5 nitrogen and oxygen atoms in total. The SMILES string of the molecule is CCNc1ccccc1S(=O)(=O)NCCCOCC1CC1. The maximum atomic E-state index is 12.3. The van der Waals surface area contributed by atoms with Crippen molar-refractivity contribution in [2.45, 2.75) is 31.1 Å². The Morgan fingerprint density at radius 1 is 1.29 bits per heavy atom. The highest BCUT2D eigenvalue weighted by molar-refractivity contribution is 7.89. The minimum absolute atomic E-state index is 0.297. The van der Waals surface area contributed by atoms with Gasteiger partial charge in [-0.15, -0.1) is 0 Å². The van der Waals surface area contributed by atoms with Gasteiger partial charge in [0.05, 0.1) is 5.69 Å². The minimum atomic E-state index is -3.47. The summed E-state index contributed by atoms with van der Waals surface area (Å²) in [6.45, 7) is 4.44. The average Bonchev–Trinajstić information content (AvgIpc) is 3.28. The number of hydrogen-bond donors (Lipinski definition) is 2. The number of rotatable bonds is 10. The molecule has 2 rings (SSSR count). The first-order valence-electron chi connectivity index (χ1n) is 7.54. The molecule has 2 N–H and O–H groups in total. The second-order valence-corrected chi connectivity index (χ2v) is 7.03. The fraction of sp³-hybridized carbons (Fsp3) is 0.600. The van der Waals surface area contributed by atoms with E-state index in [1.54, 1.807) is 18.2 Å². The lowest BCUT2D eigenvalue weighted by Gasteiger charge is -2.12. The summed E-state index contributed by atoms with van der Waals surface area (Å²) in [5.74, 6) is 0.744. The van der Waals surface area contributed by atoms with E-state index in [1.807, 2.05) is 13.0 Å². The first-order chi connectivity index (χ1) is 10.1. The number of ether oxygens (including phenoxy) is 1. The van der Waals surface area contributed by atoms with Crippen LogP contribution in [0.1, 0.15) is 26.2 Å². The molecule has 118 valence electrons. The van der Waals surface area contributed by atoms with E-state index in [-0.39, 0.29) is 0 Å². The Hall–Kier alpha value is -1.11. The fourth-order valence-corrected chi connectivity index (χ4v) is 3.29. The minimum Gasteiger partial charge on any atom is -0.384 e. The molecule has 0 spiro atoms. The van der Waals surface area contributed by atoms with Crippen molar-refractivity contribution in [3.8, 4) is 0 Å². The lowest BCUT2D eigenvalue weighted by atomic mass is 10.3. The molecule has 0 heterocycles. The standard InChI is InChI=1S/C15H24N2O3S/c1-2-16-14-6-3-4-7-15(14)21(18,19)17-10-5-11-20-12-13-8-9-13/h3-4,6-7,13,16-17H,2,5,8-12H2,1H3. The Balaban J connectivity index is 1.80. The van der Waals surface area contributed by atoms with E-state index in [2.05, 4.69) is 10.0 Å². The zero-order valence-electron chi connectivity index (χ0n) is 12.5. The van der Waals surface area contributed by atoms with Crippen molar-refractivity contribution in [3.63, 3.8) is 0 Å². The lowest BCUT2D eigenvalue weighted by molar-refractivity contribution is 0.123. The van der Waals surface area contributed by atoms with Gasteiger partial charge in [0, 0.05) is 26.3 Å². The summed E-state index contributed by atoms with van der Waals surface area (Å²) in [7, 11) is -3.47. The molecule has 1 aromatic rings. The Labute approximate surface area is 127 Å². The normalized spacial score (nSPS) is 15.1. The van der Waals surface area contributed by atoms with Gasteiger partial charge in [-0.05, 0) is 44.2 Å². The second kappa shape index (κ2) is 7.77. The van der Waals surface area contributed by atoms with Gasteiger partial charge in [-0.25, -0.2) is 13.1 Å². The molecular weight excluding hydrogens is 288 g/mol. The molecule has 6 heteroatoms. The molecule has 0 atom stereocenters. The largest absolute Gasteiger partial charge is 0.384 e. The molecule has 0 saturated heterocycles. The van der Waals surface area contributed by atoms with E-state index < -0.39 is 10.0 Å². The van der Waals surface area contributed by atoms with Gasteiger partial charge in [0.25, 0.3) is 0 Å². The van der Waals surface area contributed by atoms with Crippen LogP contribution < -0.4 is 10.0 Å². The number of anilines is 1. The number of para-hydroxylation sites is 1. The Kier molecular flexibility index (Phi) is 6.02. The Morgan fingerprint density at radius 2 is 2.05 bits per heavy atom. The first kappa shape index (κ1) is 16.3. The summed E-state index contributed by atoms with van der Waals surface area (Å²) in [6, 6.07) is 6.94. The number of nitrogens with one attached hydrogen (secondary N) is 2. The third-order valence-corrected chi connectivity index (χ3v) is 4.87. The summed E-state index contributed by atoms with van der Waals surface area (Å²) in [6.07, 6.45) is 3.23. The van der Waals surface area contributed by atoms with E-state index in [0.717, 1.165) is 12.5 Å². The van der Waals surface area contributed by atoms with Crippen LogP contribution in [0.15, 0.2) is 29.2 Å². The van der Waals surface area contributed by atoms with Gasteiger partial charge in [-0.2, -0.15) is 0 Å². The van der Waals surface area contributed by atoms with Crippen molar-refractivity contribution in [1.82, 2.24) is 4.72 Å². The van der Waals surface area contributed by atoms with E-state index in [0.29, 0.717) is 36.7 Å². The maximum Gasteiger partial charge on any atom is 0.242 e. The average molecular weight is 312 g/mol. The van der Waals surface area contributed by atoms with Crippen molar-refractivity contribution < 1.29 is 13.2 Å². The predicted molar refractivity (Wildman–Crippen MR) is 84.0 cm³/mol. The molecule has 0 radical (unpaired) electrons. The van der Waals surface area contributed by atoms with E-state index in [9.17, 15) is 8.42 Å². The smallest absolute Gasteiger partial charge is 0.242 e. The third kappa shape index (κ3) is 5.30. The van der Waals surface area contributed by atoms with Gasteiger partial charge in [0.15, 0.2) is 0 Å². The lowest BCUT2D eigenvalue weighted by Crippen LogP contribution is -2.26. The quantitative estimate of drug-likeness (QED) is 0.650. The summed E-state index contributed by atoms with van der Waals surface area (Å²) in [4.78, 5) is 0.297.